The molecular formula is C11H11ClN. The highest BCUT2D eigenvalue weighted by Gasteiger charge is 2.08. The third-order valence-electron chi connectivity index (χ3n) is 1.97. The van der Waals surface area contributed by atoms with Crippen molar-refractivity contribution in [3.05, 3.63) is 40.8 Å². The van der Waals surface area contributed by atoms with Crippen LogP contribution in [0.15, 0.2) is 24.3 Å². The zero-order valence-electron chi connectivity index (χ0n) is 7.55. The topological polar surface area (TPSA) is 23.8 Å². The fourth-order valence-corrected chi connectivity index (χ4v) is 1.34. The van der Waals surface area contributed by atoms with Crippen LogP contribution in [0.25, 0.3) is 0 Å². The maximum atomic E-state index is 8.59. The summed E-state index contributed by atoms with van der Waals surface area (Å²) in [7, 11) is 0. The molecule has 0 amide bonds. The number of benzene rings is 1. The van der Waals surface area contributed by atoms with Gasteiger partial charge in [0, 0.05) is 17.4 Å². The van der Waals surface area contributed by atoms with E-state index < -0.39 is 0 Å². The maximum Gasteiger partial charge on any atom is 0.0631 e. The number of rotatable bonds is 3. The minimum Gasteiger partial charge on any atom is -0.198 e. The fourth-order valence-electron chi connectivity index (χ4n) is 1.21. The molecule has 0 aliphatic heterocycles. The van der Waals surface area contributed by atoms with Crippen molar-refractivity contribution >= 4 is 11.6 Å². The fraction of sp³-hybridized carbons (Fsp3) is 0.273. The average Bonchev–Trinajstić information content (AvgIpc) is 2.16. The Bertz CT molecular complexity index is 297. The molecule has 67 valence electrons. The van der Waals surface area contributed by atoms with Gasteiger partial charge in [-0.15, -0.1) is 0 Å². The van der Waals surface area contributed by atoms with Gasteiger partial charge in [-0.3, -0.25) is 0 Å². The zero-order valence-corrected chi connectivity index (χ0v) is 8.30. The molecule has 0 aliphatic rings. The molecule has 0 saturated carbocycles. The summed E-state index contributed by atoms with van der Waals surface area (Å²) < 4.78 is 0. The molecule has 1 aromatic carbocycles. The van der Waals surface area contributed by atoms with Gasteiger partial charge in [0.15, 0.2) is 0 Å². The van der Waals surface area contributed by atoms with E-state index in [1.165, 1.54) is 5.92 Å². The lowest BCUT2D eigenvalue weighted by Gasteiger charge is -2.09. The van der Waals surface area contributed by atoms with Crippen LogP contribution in [0, 0.1) is 17.2 Å². The van der Waals surface area contributed by atoms with Crippen LogP contribution in [-0.4, -0.2) is 0 Å². The maximum absolute atomic E-state index is 8.59. The highest BCUT2D eigenvalue weighted by Crippen LogP contribution is 2.22. The van der Waals surface area contributed by atoms with Gasteiger partial charge in [0.25, 0.3) is 0 Å². The molecule has 0 heterocycles. The van der Waals surface area contributed by atoms with Crippen LogP contribution in [0.2, 0.25) is 5.02 Å². The Morgan fingerprint density at radius 2 is 2.00 bits per heavy atom. The second-order valence-electron chi connectivity index (χ2n) is 2.80. The first-order chi connectivity index (χ1) is 6.27. The van der Waals surface area contributed by atoms with Gasteiger partial charge in [-0.25, -0.2) is 0 Å². The largest absolute Gasteiger partial charge is 0.198 e. The lowest BCUT2D eigenvalue weighted by molar-refractivity contribution is 0.899. The van der Waals surface area contributed by atoms with Crippen molar-refractivity contribution < 1.29 is 0 Å². The molecule has 0 spiro atoms. The second kappa shape index (κ2) is 4.89. The van der Waals surface area contributed by atoms with Gasteiger partial charge in [0.1, 0.15) is 0 Å². The molecule has 0 aliphatic carbocycles. The summed E-state index contributed by atoms with van der Waals surface area (Å²) in [5.41, 5.74) is 1.12. The van der Waals surface area contributed by atoms with E-state index in [1.807, 2.05) is 24.3 Å². The minimum atomic E-state index is 0.498. The molecule has 1 rings (SSSR count). The van der Waals surface area contributed by atoms with Crippen LogP contribution in [-0.2, 0) is 0 Å². The van der Waals surface area contributed by atoms with Gasteiger partial charge in [-0.05, 0) is 24.1 Å². The molecule has 0 atom stereocenters. The number of hydrogen-bond acceptors (Lipinski definition) is 1. The Morgan fingerprint density at radius 3 is 2.46 bits per heavy atom. The van der Waals surface area contributed by atoms with Gasteiger partial charge >= 0.3 is 0 Å². The van der Waals surface area contributed by atoms with E-state index in [1.54, 1.807) is 0 Å². The normalized spacial score (nSPS) is 10.0. The Balaban J connectivity index is 2.80. The van der Waals surface area contributed by atoms with Crippen molar-refractivity contribution in [1.82, 2.24) is 0 Å². The van der Waals surface area contributed by atoms with Crippen LogP contribution in [0.4, 0.5) is 0 Å². The first-order valence-electron chi connectivity index (χ1n) is 4.25. The summed E-state index contributed by atoms with van der Waals surface area (Å²) in [5, 5.41) is 9.32. The molecule has 1 aromatic rings. The Morgan fingerprint density at radius 1 is 1.38 bits per heavy atom. The molecule has 2 heteroatoms. The summed E-state index contributed by atoms with van der Waals surface area (Å²) in [6.07, 6.45) is 1.41. The smallest absolute Gasteiger partial charge is 0.0631 e. The van der Waals surface area contributed by atoms with Gasteiger partial charge < -0.3 is 0 Å². The molecule has 1 radical (unpaired) electrons. The molecule has 0 aromatic heterocycles. The van der Waals surface area contributed by atoms with Crippen LogP contribution in [0.5, 0.6) is 0 Å². The lowest BCUT2D eigenvalue weighted by atomic mass is 9.94. The van der Waals surface area contributed by atoms with E-state index >= 15 is 0 Å². The van der Waals surface area contributed by atoms with E-state index in [2.05, 4.69) is 13.0 Å². The number of nitrogens with zero attached hydrogens (tertiary/aromatic N) is 1. The van der Waals surface area contributed by atoms with Crippen molar-refractivity contribution in [2.75, 3.05) is 0 Å². The first kappa shape index (κ1) is 10.1. The van der Waals surface area contributed by atoms with Crippen molar-refractivity contribution in [3.8, 4) is 6.07 Å². The second-order valence-corrected chi connectivity index (χ2v) is 3.24. The predicted molar refractivity (Wildman–Crippen MR) is 54.3 cm³/mol. The van der Waals surface area contributed by atoms with E-state index in [0.29, 0.717) is 6.42 Å². The summed E-state index contributed by atoms with van der Waals surface area (Å²) >= 11 is 5.76. The van der Waals surface area contributed by atoms with Gasteiger partial charge in [0.05, 0.1) is 6.07 Å². The molecule has 0 unspecified atom stereocenters. The van der Waals surface area contributed by atoms with Crippen molar-refractivity contribution in [2.24, 2.45) is 0 Å². The Labute approximate surface area is 84.0 Å². The molecule has 0 bridgehead atoms. The summed E-state index contributed by atoms with van der Waals surface area (Å²) in [5.74, 6) is 1.17. The van der Waals surface area contributed by atoms with E-state index in [9.17, 15) is 0 Å². The molecule has 13 heavy (non-hydrogen) atoms. The van der Waals surface area contributed by atoms with Crippen molar-refractivity contribution in [2.45, 2.75) is 19.8 Å². The Hall–Kier alpha value is -1.00. The summed E-state index contributed by atoms with van der Waals surface area (Å²) in [4.78, 5) is 0. The molecular weight excluding hydrogens is 182 g/mol. The van der Waals surface area contributed by atoms with Crippen LogP contribution >= 0.6 is 11.6 Å². The van der Waals surface area contributed by atoms with Gasteiger partial charge in [0.2, 0.25) is 0 Å². The average molecular weight is 193 g/mol. The van der Waals surface area contributed by atoms with Crippen LogP contribution < -0.4 is 0 Å². The van der Waals surface area contributed by atoms with E-state index in [-0.39, 0.29) is 0 Å². The van der Waals surface area contributed by atoms with Crippen LogP contribution in [0.3, 0.4) is 0 Å². The molecule has 0 fully saturated rings. The highest BCUT2D eigenvalue weighted by atomic mass is 35.5. The summed E-state index contributed by atoms with van der Waals surface area (Å²) in [6, 6.07) is 9.78. The lowest BCUT2D eigenvalue weighted by Crippen LogP contribution is -1.96. The standard InChI is InChI=1S/C11H11ClN/c1-2-9(7-8-13)10-3-5-11(12)6-4-10/h3-6H,2,7H2,1H3. The van der Waals surface area contributed by atoms with E-state index in [4.69, 9.17) is 16.9 Å². The van der Waals surface area contributed by atoms with Crippen molar-refractivity contribution in [1.29, 1.82) is 5.26 Å². The number of nitriles is 1. The zero-order chi connectivity index (χ0) is 9.68. The van der Waals surface area contributed by atoms with Gasteiger partial charge in [-0.1, -0.05) is 30.7 Å². The van der Waals surface area contributed by atoms with Gasteiger partial charge in [-0.2, -0.15) is 5.26 Å². The van der Waals surface area contributed by atoms with Crippen LogP contribution in [0.1, 0.15) is 25.3 Å². The SMILES string of the molecule is CC[C](CC#N)c1ccc(Cl)cc1. The number of hydrogen-bond donors (Lipinski definition) is 0. The summed E-state index contributed by atoms with van der Waals surface area (Å²) in [6.45, 7) is 2.06. The van der Waals surface area contributed by atoms with Crippen molar-refractivity contribution in [3.63, 3.8) is 0 Å². The molecule has 0 saturated heterocycles. The molecule has 0 N–H and O–H groups in total. The number of halogens is 1. The monoisotopic (exact) mass is 192 g/mol. The minimum absolute atomic E-state index is 0.498. The quantitative estimate of drug-likeness (QED) is 0.718. The van der Waals surface area contributed by atoms with E-state index in [0.717, 1.165) is 17.0 Å². The Kier molecular flexibility index (Phi) is 3.79. The predicted octanol–water partition coefficient (Wildman–Crippen LogP) is 3.59. The first-order valence-corrected chi connectivity index (χ1v) is 4.63. The third-order valence-corrected chi connectivity index (χ3v) is 2.22. The highest BCUT2D eigenvalue weighted by molar-refractivity contribution is 6.30. The third kappa shape index (κ3) is 2.75. The molecule has 1 nitrogen and oxygen atoms in total.